The zero-order valence-corrected chi connectivity index (χ0v) is 17.5. The summed E-state index contributed by atoms with van der Waals surface area (Å²) in [6.07, 6.45) is 11.1. The van der Waals surface area contributed by atoms with Gasteiger partial charge in [0, 0.05) is 0 Å². The van der Waals surface area contributed by atoms with E-state index in [0.717, 1.165) is 36.0 Å². The Bertz CT molecular complexity index is 847. The van der Waals surface area contributed by atoms with Crippen molar-refractivity contribution in [1.82, 2.24) is 0 Å². The summed E-state index contributed by atoms with van der Waals surface area (Å²) in [4.78, 5) is 0. The van der Waals surface area contributed by atoms with Crippen LogP contribution >= 0.6 is 0 Å². The fourth-order valence-electron chi connectivity index (χ4n) is 4.54. The lowest BCUT2D eigenvalue weighted by molar-refractivity contribution is -0.0344. The van der Waals surface area contributed by atoms with Crippen molar-refractivity contribution in [2.24, 2.45) is 5.92 Å². The van der Waals surface area contributed by atoms with Crippen LogP contribution in [0.25, 0.3) is 0 Å². The first-order valence-corrected chi connectivity index (χ1v) is 10.9. The average Bonchev–Trinajstić information content (AvgIpc) is 2.84. The van der Waals surface area contributed by atoms with Crippen molar-refractivity contribution in [3.8, 4) is 0 Å². The van der Waals surface area contributed by atoms with E-state index in [1.165, 1.54) is 6.42 Å². The minimum absolute atomic E-state index is 0.0397. The predicted octanol–water partition coefficient (Wildman–Crippen LogP) is 7.30. The molecule has 0 heterocycles. The monoisotopic (exact) mass is 394 g/mol. The first-order chi connectivity index (χ1) is 14.8. The molecule has 1 heteroatoms. The van der Waals surface area contributed by atoms with E-state index >= 15 is 0 Å². The molecule has 0 N–H and O–H groups in total. The van der Waals surface area contributed by atoms with Gasteiger partial charge in [0.15, 0.2) is 0 Å². The van der Waals surface area contributed by atoms with Gasteiger partial charge < -0.3 is 4.74 Å². The average molecular weight is 395 g/mol. The van der Waals surface area contributed by atoms with Gasteiger partial charge in [0.1, 0.15) is 5.60 Å². The van der Waals surface area contributed by atoms with E-state index in [9.17, 15) is 0 Å². The largest absolute Gasteiger partial charge is 0.354 e. The molecule has 1 aliphatic rings. The van der Waals surface area contributed by atoms with E-state index in [-0.39, 0.29) is 6.10 Å². The molecule has 3 aromatic carbocycles. The first-order valence-electron chi connectivity index (χ1n) is 10.9. The molecule has 0 amide bonds. The minimum atomic E-state index is -0.687. The number of benzene rings is 3. The number of rotatable bonds is 8. The van der Waals surface area contributed by atoms with Crippen LogP contribution in [-0.2, 0) is 10.3 Å². The summed E-state index contributed by atoms with van der Waals surface area (Å²) in [7, 11) is 0. The maximum atomic E-state index is 7.11. The van der Waals surface area contributed by atoms with E-state index in [2.05, 4.69) is 110 Å². The van der Waals surface area contributed by atoms with Crippen molar-refractivity contribution in [2.45, 2.75) is 37.4 Å². The molecule has 0 saturated carbocycles. The highest BCUT2D eigenvalue weighted by molar-refractivity contribution is 5.47. The fourth-order valence-corrected chi connectivity index (χ4v) is 4.54. The van der Waals surface area contributed by atoms with Gasteiger partial charge in [-0.15, -0.1) is 6.58 Å². The van der Waals surface area contributed by atoms with Gasteiger partial charge >= 0.3 is 0 Å². The summed E-state index contributed by atoms with van der Waals surface area (Å²) in [5, 5.41) is 0. The van der Waals surface area contributed by atoms with Gasteiger partial charge in [-0.1, -0.05) is 109 Å². The Morgan fingerprint density at radius 2 is 1.30 bits per heavy atom. The van der Waals surface area contributed by atoms with Gasteiger partial charge in [-0.2, -0.15) is 0 Å². The van der Waals surface area contributed by atoms with E-state index in [4.69, 9.17) is 4.74 Å². The molecule has 0 bridgehead atoms. The van der Waals surface area contributed by atoms with Crippen LogP contribution in [0.1, 0.15) is 42.4 Å². The third-order valence-corrected chi connectivity index (χ3v) is 6.08. The van der Waals surface area contributed by atoms with Crippen LogP contribution in [0.2, 0.25) is 0 Å². The topological polar surface area (TPSA) is 9.23 Å². The van der Waals surface area contributed by atoms with Gasteiger partial charge in [0.2, 0.25) is 0 Å². The maximum Gasteiger partial charge on any atom is 0.144 e. The Balaban J connectivity index is 1.81. The molecule has 4 rings (SSSR count). The van der Waals surface area contributed by atoms with Crippen LogP contribution in [-0.4, -0.2) is 6.10 Å². The van der Waals surface area contributed by atoms with E-state index in [1.807, 2.05) is 6.08 Å². The molecule has 0 spiro atoms. The second kappa shape index (κ2) is 9.73. The lowest BCUT2D eigenvalue weighted by atomic mass is 9.79. The lowest BCUT2D eigenvalue weighted by Crippen LogP contribution is -2.37. The summed E-state index contributed by atoms with van der Waals surface area (Å²) in [5.74, 6) is 0.637. The molecule has 152 valence electrons. The van der Waals surface area contributed by atoms with Gasteiger partial charge in [0.25, 0.3) is 0 Å². The van der Waals surface area contributed by atoms with Crippen LogP contribution in [0.3, 0.4) is 0 Å². The minimum Gasteiger partial charge on any atom is -0.354 e. The fraction of sp³-hybridized carbons (Fsp3) is 0.241. The quantitative estimate of drug-likeness (QED) is 0.288. The lowest BCUT2D eigenvalue weighted by Gasteiger charge is -2.39. The van der Waals surface area contributed by atoms with Crippen molar-refractivity contribution in [3.05, 3.63) is 132 Å². The van der Waals surface area contributed by atoms with Crippen LogP contribution in [0.15, 0.2) is 116 Å². The summed E-state index contributed by atoms with van der Waals surface area (Å²) in [5.41, 5.74) is 2.72. The van der Waals surface area contributed by atoms with E-state index in [0.29, 0.717) is 5.92 Å². The zero-order chi connectivity index (χ0) is 20.7. The molecule has 0 aliphatic heterocycles. The molecule has 1 aliphatic carbocycles. The maximum absolute atomic E-state index is 7.11. The first kappa shape index (κ1) is 20.4. The van der Waals surface area contributed by atoms with Crippen molar-refractivity contribution in [3.63, 3.8) is 0 Å². The normalized spacial score (nSPS) is 17.4. The Hall–Kier alpha value is -2.90. The highest BCUT2D eigenvalue weighted by Gasteiger charge is 2.39. The molecular formula is C29H30O. The number of allylic oxidation sites excluding steroid dienone is 2. The van der Waals surface area contributed by atoms with Crippen molar-refractivity contribution >= 4 is 0 Å². The predicted molar refractivity (Wildman–Crippen MR) is 125 cm³/mol. The summed E-state index contributed by atoms with van der Waals surface area (Å²) < 4.78 is 7.11. The van der Waals surface area contributed by atoms with Crippen LogP contribution in [0.4, 0.5) is 0 Å². The second-order valence-corrected chi connectivity index (χ2v) is 8.06. The second-order valence-electron chi connectivity index (χ2n) is 8.06. The molecule has 0 aromatic heterocycles. The summed E-state index contributed by atoms with van der Waals surface area (Å²) in [6.45, 7) is 4.15. The van der Waals surface area contributed by atoms with Gasteiger partial charge in [0.05, 0.1) is 6.10 Å². The summed E-state index contributed by atoms with van der Waals surface area (Å²) >= 11 is 0. The molecule has 0 saturated heterocycles. The van der Waals surface area contributed by atoms with Gasteiger partial charge in [-0.25, -0.2) is 0 Å². The zero-order valence-electron chi connectivity index (χ0n) is 17.5. The molecule has 30 heavy (non-hydrogen) atoms. The molecule has 0 fully saturated rings. The Labute approximate surface area is 180 Å². The molecule has 2 atom stereocenters. The molecule has 3 aromatic rings. The van der Waals surface area contributed by atoms with Crippen molar-refractivity contribution in [2.75, 3.05) is 0 Å². The molecule has 2 unspecified atom stereocenters. The molecular weight excluding hydrogens is 364 g/mol. The third kappa shape index (κ3) is 4.32. The van der Waals surface area contributed by atoms with Gasteiger partial charge in [-0.05, 0) is 48.3 Å². The Kier molecular flexibility index (Phi) is 6.61. The highest BCUT2D eigenvalue weighted by Crippen LogP contribution is 2.42. The number of hydrogen-bond donors (Lipinski definition) is 0. The Morgan fingerprint density at radius 3 is 1.70 bits per heavy atom. The van der Waals surface area contributed by atoms with Crippen LogP contribution in [0.5, 0.6) is 0 Å². The van der Waals surface area contributed by atoms with Crippen molar-refractivity contribution < 1.29 is 4.74 Å². The van der Waals surface area contributed by atoms with E-state index < -0.39 is 5.60 Å². The smallest absolute Gasteiger partial charge is 0.144 e. The van der Waals surface area contributed by atoms with Crippen molar-refractivity contribution in [1.29, 1.82) is 0 Å². The summed E-state index contributed by atoms with van der Waals surface area (Å²) in [6, 6.07) is 31.7. The standard InChI is InChI=1S/C29H30O/c1-2-28(23-24-15-7-3-8-16-24)30-29(25-17-9-4-10-18-25,26-19-11-5-12-20-26)27-21-13-6-14-22-27/h2-7,9-14,17-22,24,28H,1,8,15-16,23H2. The molecule has 0 radical (unpaired) electrons. The Morgan fingerprint density at radius 1 is 0.800 bits per heavy atom. The number of hydrogen-bond acceptors (Lipinski definition) is 1. The van der Waals surface area contributed by atoms with E-state index in [1.54, 1.807) is 0 Å². The third-order valence-electron chi connectivity index (χ3n) is 6.08. The van der Waals surface area contributed by atoms with Crippen LogP contribution in [0, 0.1) is 5.92 Å². The SMILES string of the molecule is C=CC(CC1CC=CCC1)OC(c1ccccc1)(c1ccccc1)c1ccccc1. The van der Waals surface area contributed by atoms with Gasteiger partial charge in [-0.3, -0.25) is 0 Å². The molecule has 1 nitrogen and oxygen atoms in total. The number of ether oxygens (including phenoxy) is 1. The highest BCUT2D eigenvalue weighted by atomic mass is 16.5. The van der Waals surface area contributed by atoms with Crippen LogP contribution < -0.4 is 0 Å².